The van der Waals surface area contributed by atoms with Crippen LogP contribution < -0.4 is 4.90 Å². The fourth-order valence-electron chi connectivity index (χ4n) is 4.05. The molecule has 172 valence electrons. The molecule has 33 heavy (non-hydrogen) atoms. The van der Waals surface area contributed by atoms with Crippen molar-refractivity contribution < 1.29 is 22.7 Å². The van der Waals surface area contributed by atoms with Crippen LogP contribution in [0, 0.1) is 0 Å². The average Bonchev–Trinajstić information content (AvgIpc) is 3.39. The molecule has 1 aliphatic heterocycles. The van der Waals surface area contributed by atoms with Gasteiger partial charge in [0.05, 0.1) is 16.1 Å². The van der Waals surface area contributed by atoms with Crippen molar-refractivity contribution in [2.75, 3.05) is 31.1 Å². The number of ether oxygens (including phenoxy) is 1. The van der Waals surface area contributed by atoms with Crippen molar-refractivity contribution in [3.8, 4) is 0 Å². The van der Waals surface area contributed by atoms with Gasteiger partial charge < -0.3 is 9.64 Å². The number of fused-ring (bicyclic) bond motifs is 1. The molecule has 0 saturated carbocycles. The maximum atomic E-state index is 12.9. The Hall–Kier alpha value is -3.23. The van der Waals surface area contributed by atoms with Gasteiger partial charge in [0, 0.05) is 25.0 Å². The summed E-state index contributed by atoms with van der Waals surface area (Å²) in [5, 5.41) is 1.96. The van der Waals surface area contributed by atoms with Crippen molar-refractivity contribution in [1.29, 1.82) is 0 Å². The standard InChI is InChI=1S/C25H26N2O5S/c1-2-27(23-11-7-9-19-8-3-4-10-22(19)23)24(28)18-32-25(29)20-12-14-21(15-13-20)33(30,31)26-16-5-6-17-26/h3-4,7-15H,2,5-6,16-18H2,1H3. The third-order valence-electron chi connectivity index (χ3n) is 5.79. The quantitative estimate of drug-likeness (QED) is 0.494. The Morgan fingerprint density at radius 1 is 0.939 bits per heavy atom. The molecule has 0 radical (unpaired) electrons. The fourth-order valence-corrected chi connectivity index (χ4v) is 5.57. The Labute approximate surface area is 193 Å². The second kappa shape index (κ2) is 9.72. The zero-order chi connectivity index (χ0) is 23.4. The first-order valence-electron chi connectivity index (χ1n) is 11.0. The van der Waals surface area contributed by atoms with Crippen molar-refractivity contribution in [3.63, 3.8) is 0 Å². The second-order valence-corrected chi connectivity index (χ2v) is 9.79. The van der Waals surface area contributed by atoms with Crippen LogP contribution in [0.4, 0.5) is 5.69 Å². The van der Waals surface area contributed by atoms with Crippen molar-refractivity contribution in [1.82, 2.24) is 4.31 Å². The lowest BCUT2D eigenvalue weighted by atomic mass is 10.1. The van der Waals surface area contributed by atoms with Crippen LogP contribution in [-0.2, 0) is 19.6 Å². The minimum Gasteiger partial charge on any atom is -0.452 e. The van der Waals surface area contributed by atoms with Gasteiger partial charge in [0.1, 0.15) is 0 Å². The minimum atomic E-state index is -3.55. The van der Waals surface area contributed by atoms with E-state index in [2.05, 4.69) is 0 Å². The highest BCUT2D eigenvalue weighted by molar-refractivity contribution is 7.89. The molecule has 0 aliphatic carbocycles. The first-order valence-corrected chi connectivity index (χ1v) is 12.4. The number of hydrogen-bond acceptors (Lipinski definition) is 5. The molecule has 0 unspecified atom stereocenters. The van der Waals surface area contributed by atoms with Crippen LogP contribution in [0.25, 0.3) is 10.8 Å². The summed E-state index contributed by atoms with van der Waals surface area (Å²) < 4.78 is 31.9. The first kappa shape index (κ1) is 22.9. The van der Waals surface area contributed by atoms with Crippen LogP contribution in [0.3, 0.4) is 0 Å². The van der Waals surface area contributed by atoms with Crippen molar-refractivity contribution >= 4 is 38.4 Å². The highest BCUT2D eigenvalue weighted by Crippen LogP contribution is 2.27. The van der Waals surface area contributed by atoms with Gasteiger partial charge in [-0.25, -0.2) is 13.2 Å². The molecular formula is C25H26N2O5S. The van der Waals surface area contributed by atoms with E-state index in [-0.39, 0.29) is 16.4 Å². The number of carbonyl (C=O) groups is 2. The highest BCUT2D eigenvalue weighted by atomic mass is 32.2. The Bertz CT molecular complexity index is 1260. The van der Waals surface area contributed by atoms with E-state index in [0.29, 0.717) is 19.6 Å². The molecule has 7 nitrogen and oxygen atoms in total. The number of likely N-dealkylation sites (N-methyl/N-ethyl adjacent to an activating group) is 1. The molecule has 0 bridgehead atoms. The van der Waals surface area contributed by atoms with Crippen LogP contribution in [0.5, 0.6) is 0 Å². The van der Waals surface area contributed by atoms with Gasteiger partial charge >= 0.3 is 5.97 Å². The number of sulfonamides is 1. The molecule has 1 amide bonds. The summed E-state index contributed by atoms with van der Waals surface area (Å²) in [4.78, 5) is 27.1. The van der Waals surface area contributed by atoms with E-state index in [1.165, 1.54) is 28.6 Å². The fraction of sp³-hybridized carbons (Fsp3) is 0.280. The molecule has 1 fully saturated rings. The zero-order valence-corrected chi connectivity index (χ0v) is 19.3. The molecule has 8 heteroatoms. The number of nitrogens with zero attached hydrogens (tertiary/aromatic N) is 2. The molecule has 0 N–H and O–H groups in total. The zero-order valence-electron chi connectivity index (χ0n) is 18.4. The average molecular weight is 467 g/mol. The van der Waals surface area contributed by atoms with Crippen molar-refractivity contribution in [2.24, 2.45) is 0 Å². The topological polar surface area (TPSA) is 84.0 Å². The molecule has 1 saturated heterocycles. The number of hydrogen-bond donors (Lipinski definition) is 0. The number of amides is 1. The highest BCUT2D eigenvalue weighted by Gasteiger charge is 2.27. The van der Waals surface area contributed by atoms with E-state index in [4.69, 9.17) is 4.74 Å². The van der Waals surface area contributed by atoms with Crippen LogP contribution in [0.15, 0.2) is 71.6 Å². The summed E-state index contributed by atoms with van der Waals surface area (Å²) in [6.07, 6.45) is 1.70. The van der Waals surface area contributed by atoms with E-state index in [0.717, 1.165) is 29.3 Å². The molecule has 4 rings (SSSR count). The van der Waals surface area contributed by atoms with E-state index in [9.17, 15) is 18.0 Å². The summed E-state index contributed by atoms with van der Waals surface area (Å²) in [6.45, 7) is 2.90. The number of anilines is 1. The third-order valence-corrected chi connectivity index (χ3v) is 7.71. The molecule has 0 spiro atoms. The van der Waals surface area contributed by atoms with Gasteiger partial charge in [-0.1, -0.05) is 36.4 Å². The lowest BCUT2D eigenvalue weighted by Gasteiger charge is -2.22. The molecule has 3 aromatic rings. The monoisotopic (exact) mass is 466 g/mol. The van der Waals surface area contributed by atoms with Gasteiger partial charge in [-0.3, -0.25) is 4.79 Å². The van der Waals surface area contributed by atoms with Crippen molar-refractivity contribution in [2.45, 2.75) is 24.7 Å². The lowest BCUT2D eigenvalue weighted by molar-refractivity contribution is -0.121. The normalized spacial score (nSPS) is 14.3. The number of benzene rings is 3. The SMILES string of the molecule is CCN(C(=O)COC(=O)c1ccc(S(=O)(=O)N2CCCC2)cc1)c1cccc2ccccc12. The number of esters is 1. The summed E-state index contributed by atoms with van der Waals surface area (Å²) in [5.41, 5.74) is 0.949. The largest absolute Gasteiger partial charge is 0.452 e. The summed E-state index contributed by atoms with van der Waals surface area (Å²) in [5.74, 6) is -1.02. The van der Waals surface area contributed by atoms with E-state index >= 15 is 0 Å². The lowest BCUT2D eigenvalue weighted by Crippen LogP contribution is -2.34. The Balaban J connectivity index is 1.43. The van der Waals surface area contributed by atoms with E-state index < -0.39 is 22.6 Å². The second-order valence-electron chi connectivity index (χ2n) is 7.85. The number of rotatable bonds is 7. The Morgan fingerprint density at radius 2 is 1.61 bits per heavy atom. The molecule has 0 atom stereocenters. The third kappa shape index (κ3) is 4.77. The van der Waals surface area contributed by atoms with E-state index in [1.54, 1.807) is 4.90 Å². The maximum absolute atomic E-state index is 12.9. The summed E-state index contributed by atoms with van der Waals surface area (Å²) in [7, 11) is -3.55. The van der Waals surface area contributed by atoms with Gasteiger partial charge in [0.25, 0.3) is 5.91 Å². The van der Waals surface area contributed by atoms with Crippen LogP contribution in [0.2, 0.25) is 0 Å². The molecule has 3 aromatic carbocycles. The summed E-state index contributed by atoms with van der Waals surface area (Å²) in [6, 6.07) is 19.1. The molecule has 0 aromatic heterocycles. The smallest absolute Gasteiger partial charge is 0.338 e. The molecule has 1 aliphatic rings. The van der Waals surface area contributed by atoms with Crippen LogP contribution in [-0.4, -0.2) is 50.8 Å². The Morgan fingerprint density at radius 3 is 2.30 bits per heavy atom. The maximum Gasteiger partial charge on any atom is 0.338 e. The van der Waals surface area contributed by atoms with Crippen LogP contribution in [0.1, 0.15) is 30.1 Å². The van der Waals surface area contributed by atoms with Gasteiger partial charge in [0.15, 0.2) is 6.61 Å². The van der Waals surface area contributed by atoms with Crippen molar-refractivity contribution in [3.05, 3.63) is 72.3 Å². The van der Waals surface area contributed by atoms with Gasteiger partial charge in [-0.05, 0) is 55.5 Å². The molecule has 1 heterocycles. The predicted molar refractivity (Wildman–Crippen MR) is 127 cm³/mol. The van der Waals surface area contributed by atoms with Gasteiger partial charge in [-0.2, -0.15) is 4.31 Å². The van der Waals surface area contributed by atoms with Gasteiger partial charge in [0.2, 0.25) is 10.0 Å². The van der Waals surface area contributed by atoms with Gasteiger partial charge in [-0.15, -0.1) is 0 Å². The predicted octanol–water partition coefficient (Wildman–Crippen LogP) is 3.83. The van der Waals surface area contributed by atoms with Crippen LogP contribution >= 0.6 is 0 Å². The number of carbonyl (C=O) groups excluding carboxylic acids is 2. The minimum absolute atomic E-state index is 0.144. The Kier molecular flexibility index (Phi) is 6.76. The summed E-state index contributed by atoms with van der Waals surface area (Å²) >= 11 is 0. The first-order chi connectivity index (χ1) is 15.9. The molecular weight excluding hydrogens is 440 g/mol. The van der Waals surface area contributed by atoms with E-state index in [1.807, 2.05) is 49.4 Å².